The van der Waals surface area contributed by atoms with Gasteiger partial charge in [0.1, 0.15) is 23.3 Å². The zero-order valence-corrected chi connectivity index (χ0v) is 8.18. The van der Waals surface area contributed by atoms with Gasteiger partial charge in [0.25, 0.3) is 0 Å². The molecule has 2 rings (SSSR count). The minimum absolute atomic E-state index is 0.0596. The van der Waals surface area contributed by atoms with Crippen LogP contribution in [0.2, 0.25) is 0 Å². The maximum absolute atomic E-state index is 12.7. The molecule has 0 saturated carbocycles. The normalized spacial score (nSPS) is 10.0. The molecule has 0 aliphatic rings. The number of nitriles is 1. The largest absolute Gasteiger partial charge is 0.382 e. The van der Waals surface area contributed by atoms with Crippen LogP contribution in [0.1, 0.15) is 5.56 Å². The Hall–Kier alpha value is -2.55. The minimum atomic E-state index is -0.358. The Kier molecular flexibility index (Phi) is 2.21. The zero-order valence-electron chi connectivity index (χ0n) is 8.18. The third-order valence-electron chi connectivity index (χ3n) is 2.13. The van der Waals surface area contributed by atoms with Crippen molar-refractivity contribution in [2.75, 3.05) is 11.5 Å². The average Bonchev–Trinajstić information content (AvgIpc) is 2.55. The van der Waals surface area contributed by atoms with E-state index in [1.165, 1.54) is 28.9 Å². The molecule has 0 spiro atoms. The quantitative estimate of drug-likeness (QED) is 0.746. The van der Waals surface area contributed by atoms with E-state index in [-0.39, 0.29) is 23.0 Å². The highest BCUT2D eigenvalue weighted by Crippen LogP contribution is 2.21. The molecular weight excluding hydrogens is 209 g/mol. The molecule has 0 amide bonds. The van der Waals surface area contributed by atoms with Gasteiger partial charge in [0.15, 0.2) is 5.82 Å². The second-order valence-corrected chi connectivity index (χ2v) is 3.15. The van der Waals surface area contributed by atoms with Crippen LogP contribution in [0.15, 0.2) is 24.3 Å². The first kappa shape index (κ1) is 9.98. The van der Waals surface area contributed by atoms with E-state index in [1.807, 2.05) is 6.07 Å². The lowest BCUT2D eigenvalue weighted by Crippen LogP contribution is -2.02. The summed E-state index contributed by atoms with van der Waals surface area (Å²) in [5, 5.41) is 12.7. The first-order valence-electron chi connectivity index (χ1n) is 4.43. The number of aromatic nitrogens is 2. The number of hydrogen-bond acceptors (Lipinski definition) is 4. The van der Waals surface area contributed by atoms with Crippen LogP contribution in [0.25, 0.3) is 5.69 Å². The van der Waals surface area contributed by atoms with Gasteiger partial charge in [-0.15, -0.1) is 5.10 Å². The lowest BCUT2D eigenvalue weighted by atomic mass is 10.3. The number of hydrogen-bond donors (Lipinski definition) is 2. The molecule has 2 aromatic rings. The molecule has 0 atom stereocenters. The van der Waals surface area contributed by atoms with Crippen molar-refractivity contribution >= 4 is 11.6 Å². The molecule has 1 heterocycles. The van der Waals surface area contributed by atoms with E-state index in [9.17, 15) is 4.39 Å². The van der Waals surface area contributed by atoms with Gasteiger partial charge in [-0.25, -0.2) is 9.07 Å². The summed E-state index contributed by atoms with van der Waals surface area (Å²) in [5.41, 5.74) is 11.9. The molecular formula is C10H8FN5. The maximum Gasteiger partial charge on any atom is 0.166 e. The van der Waals surface area contributed by atoms with Crippen molar-refractivity contribution in [3.63, 3.8) is 0 Å². The molecule has 16 heavy (non-hydrogen) atoms. The van der Waals surface area contributed by atoms with E-state index in [4.69, 9.17) is 16.7 Å². The smallest absolute Gasteiger partial charge is 0.166 e. The molecule has 80 valence electrons. The predicted molar refractivity (Wildman–Crippen MR) is 57.1 cm³/mol. The Labute approximate surface area is 90.7 Å². The van der Waals surface area contributed by atoms with Crippen LogP contribution in [-0.2, 0) is 0 Å². The van der Waals surface area contributed by atoms with Crippen molar-refractivity contribution in [3.8, 4) is 11.8 Å². The fourth-order valence-corrected chi connectivity index (χ4v) is 1.34. The highest BCUT2D eigenvalue weighted by Gasteiger charge is 2.13. The summed E-state index contributed by atoms with van der Waals surface area (Å²) in [6.45, 7) is 0. The lowest BCUT2D eigenvalue weighted by molar-refractivity contribution is 0.627. The molecule has 5 nitrogen and oxygen atoms in total. The molecule has 0 radical (unpaired) electrons. The van der Waals surface area contributed by atoms with Crippen LogP contribution in [0.5, 0.6) is 0 Å². The molecule has 1 aromatic carbocycles. The van der Waals surface area contributed by atoms with E-state index in [2.05, 4.69) is 5.10 Å². The Morgan fingerprint density at radius 3 is 2.38 bits per heavy atom. The Balaban J connectivity index is 2.58. The molecule has 0 aliphatic carbocycles. The fraction of sp³-hybridized carbons (Fsp3) is 0. The summed E-state index contributed by atoms with van der Waals surface area (Å²) >= 11 is 0. The van der Waals surface area contributed by atoms with Gasteiger partial charge in [-0.2, -0.15) is 5.26 Å². The van der Waals surface area contributed by atoms with E-state index < -0.39 is 0 Å². The summed E-state index contributed by atoms with van der Waals surface area (Å²) in [4.78, 5) is 0. The van der Waals surface area contributed by atoms with Crippen LogP contribution in [0, 0.1) is 17.1 Å². The Morgan fingerprint density at radius 1 is 1.25 bits per heavy atom. The fourth-order valence-electron chi connectivity index (χ4n) is 1.34. The predicted octanol–water partition coefficient (Wildman–Crippen LogP) is 1.05. The molecule has 0 aliphatic heterocycles. The number of nitrogen functional groups attached to an aromatic ring is 2. The SMILES string of the molecule is N#Cc1c(N)nn(-c2ccc(F)cc2)c1N. The number of halogens is 1. The Bertz CT molecular complexity index is 564. The summed E-state index contributed by atoms with van der Waals surface area (Å²) in [7, 11) is 0. The summed E-state index contributed by atoms with van der Waals surface area (Å²) in [5.74, 6) is -0.154. The third kappa shape index (κ3) is 1.44. The van der Waals surface area contributed by atoms with Crippen molar-refractivity contribution in [2.24, 2.45) is 0 Å². The molecule has 0 fully saturated rings. The molecule has 0 unspecified atom stereocenters. The van der Waals surface area contributed by atoms with E-state index in [0.29, 0.717) is 5.69 Å². The first-order chi connectivity index (χ1) is 7.63. The van der Waals surface area contributed by atoms with Gasteiger partial charge in [0.2, 0.25) is 0 Å². The number of nitrogens with two attached hydrogens (primary N) is 2. The second-order valence-electron chi connectivity index (χ2n) is 3.15. The lowest BCUT2D eigenvalue weighted by Gasteiger charge is -2.02. The van der Waals surface area contributed by atoms with Crippen LogP contribution in [-0.4, -0.2) is 9.78 Å². The van der Waals surface area contributed by atoms with E-state index in [1.54, 1.807) is 0 Å². The third-order valence-corrected chi connectivity index (χ3v) is 2.13. The number of anilines is 2. The first-order valence-corrected chi connectivity index (χ1v) is 4.43. The van der Waals surface area contributed by atoms with Gasteiger partial charge >= 0.3 is 0 Å². The molecule has 0 saturated heterocycles. The van der Waals surface area contributed by atoms with Crippen molar-refractivity contribution in [2.45, 2.75) is 0 Å². The van der Waals surface area contributed by atoms with Gasteiger partial charge in [-0.05, 0) is 24.3 Å². The van der Waals surface area contributed by atoms with Gasteiger partial charge in [-0.3, -0.25) is 0 Å². The number of benzene rings is 1. The molecule has 6 heteroatoms. The van der Waals surface area contributed by atoms with Gasteiger partial charge in [0, 0.05) is 0 Å². The highest BCUT2D eigenvalue weighted by atomic mass is 19.1. The van der Waals surface area contributed by atoms with E-state index >= 15 is 0 Å². The number of rotatable bonds is 1. The minimum Gasteiger partial charge on any atom is -0.382 e. The van der Waals surface area contributed by atoms with Crippen molar-refractivity contribution in [3.05, 3.63) is 35.6 Å². The Morgan fingerprint density at radius 2 is 1.88 bits per heavy atom. The van der Waals surface area contributed by atoms with Gasteiger partial charge < -0.3 is 11.5 Å². The van der Waals surface area contributed by atoms with Crippen LogP contribution < -0.4 is 11.5 Å². The molecule has 1 aromatic heterocycles. The maximum atomic E-state index is 12.7. The number of nitrogens with zero attached hydrogens (tertiary/aromatic N) is 3. The second kappa shape index (κ2) is 3.55. The summed E-state index contributed by atoms with van der Waals surface area (Å²) in [6.07, 6.45) is 0. The van der Waals surface area contributed by atoms with Gasteiger partial charge in [-0.1, -0.05) is 0 Å². The summed E-state index contributed by atoms with van der Waals surface area (Å²) in [6, 6.07) is 7.41. The molecule has 4 N–H and O–H groups in total. The summed E-state index contributed by atoms with van der Waals surface area (Å²) < 4.78 is 14.0. The average molecular weight is 217 g/mol. The highest BCUT2D eigenvalue weighted by molar-refractivity contribution is 5.64. The van der Waals surface area contributed by atoms with Gasteiger partial charge in [0.05, 0.1) is 5.69 Å². The molecule has 0 bridgehead atoms. The van der Waals surface area contributed by atoms with Crippen LogP contribution in [0.4, 0.5) is 16.0 Å². The van der Waals surface area contributed by atoms with Crippen molar-refractivity contribution in [1.29, 1.82) is 5.26 Å². The van der Waals surface area contributed by atoms with Crippen LogP contribution in [0.3, 0.4) is 0 Å². The zero-order chi connectivity index (χ0) is 11.7. The topological polar surface area (TPSA) is 93.6 Å². The van der Waals surface area contributed by atoms with Crippen molar-refractivity contribution in [1.82, 2.24) is 9.78 Å². The van der Waals surface area contributed by atoms with E-state index in [0.717, 1.165) is 0 Å². The monoisotopic (exact) mass is 217 g/mol. The van der Waals surface area contributed by atoms with Crippen molar-refractivity contribution < 1.29 is 4.39 Å². The van der Waals surface area contributed by atoms with Crippen LogP contribution >= 0.6 is 0 Å². The standard InChI is InChI=1S/C10H8FN5/c11-6-1-3-7(4-2-6)16-10(14)8(5-12)9(13)15-16/h1-4H,14H2,(H2,13,15).